The van der Waals surface area contributed by atoms with E-state index in [1.165, 1.54) is 30.3 Å². The zero-order chi connectivity index (χ0) is 25.5. The van der Waals surface area contributed by atoms with E-state index < -0.39 is 58.7 Å². The van der Waals surface area contributed by atoms with Crippen molar-refractivity contribution < 1.29 is 42.1 Å². The van der Waals surface area contributed by atoms with Gasteiger partial charge in [-0.05, 0) is 42.0 Å². The van der Waals surface area contributed by atoms with Crippen LogP contribution in [0.4, 0.5) is 10.1 Å². The highest BCUT2D eigenvalue weighted by Crippen LogP contribution is 2.21. The number of benzene rings is 2. The lowest BCUT2D eigenvalue weighted by Gasteiger charge is -2.14. The van der Waals surface area contributed by atoms with Crippen molar-refractivity contribution in [1.29, 1.82) is 0 Å². The van der Waals surface area contributed by atoms with Crippen LogP contribution in [0.15, 0.2) is 47.5 Å². The molecule has 2 rings (SSSR count). The molecule has 13 nitrogen and oxygen atoms in total. The van der Waals surface area contributed by atoms with Gasteiger partial charge in [0.15, 0.2) is 17.5 Å². The average molecular weight is 497 g/mol. The molecule has 0 spiro atoms. The van der Waals surface area contributed by atoms with Crippen LogP contribution in [0.3, 0.4) is 0 Å². The molecular formula is C19H20FN5O8S. The Morgan fingerprint density at radius 3 is 2.26 bits per heavy atom. The fourth-order valence-electron chi connectivity index (χ4n) is 2.48. The zero-order valence-corrected chi connectivity index (χ0v) is 18.1. The summed E-state index contributed by atoms with van der Waals surface area (Å²) in [5.41, 5.74) is 11.1. The topological polar surface area (TPSA) is 223 Å². The first-order chi connectivity index (χ1) is 15.9. The fraction of sp³-hybridized carbons (Fsp3) is 0.158. The predicted molar refractivity (Wildman–Crippen MR) is 116 cm³/mol. The maximum absolute atomic E-state index is 14.4. The summed E-state index contributed by atoms with van der Waals surface area (Å²) in [6.07, 6.45) is -0.984. The first-order valence-corrected chi connectivity index (χ1v) is 10.8. The van der Waals surface area contributed by atoms with Crippen LogP contribution in [0, 0.1) is 5.82 Å². The molecule has 0 saturated heterocycles. The molecule has 34 heavy (non-hydrogen) atoms. The zero-order valence-electron chi connectivity index (χ0n) is 17.3. The second kappa shape index (κ2) is 11.2. The maximum atomic E-state index is 14.4. The summed E-state index contributed by atoms with van der Waals surface area (Å²) in [6, 6.07) is 6.99. The monoisotopic (exact) mass is 497 g/mol. The number of rotatable bonds is 11. The minimum atomic E-state index is -4.44. The lowest BCUT2D eigenvalue weighted by atomic mass is 10.2. The molecule has 0 fully saturated rings. The van der Waals surface area contributed by atoms with Gasteiger partial charge in [0.25, 0.3) is 10.2 Å². The number of carbonyl (C=O) groups is 3. The van der Waals surface area contributed by atoms with Gasteiger partial charge in [0.2, 0.25) is 0 Å². The largest absolute Gasteiger partial charge is 0.481 e. The number of ether oxygens (including phenoxy) is 1. The third kappa shape index (κ3) is 8.12. The van der Waals surface area contributed by atoms with Crippen LogP contribution in [0.5, 0.6) is 5.75 Å². The molecule has 2 aromatic carbocycles. The lowest BCUT2D eigenvalue weighted by Crippen LogP contribution is -2.47. The van der Waals surface area contributed by atoms with E-state index in [1.54, 1.807) is 4.72 Å². The first-order valence-electron chi connectivity index (χ1n) is 9.28. The molecule has 182 valence electrons. The number of nitrogens with one attached hydrogen (secondary N) is 2. The number of aliphatic imine (C=N–C) groups is 1. The first kappa shape index (κ1) is 26.2. The highest BCUT2D eigenvalue weighted by molar-refractivity contribution is 7.87. The van der Waals surface area contributed by atoms with Crippen molar-refractivity contribution in [3.63, 3.8) is 0 Å². The molecular weight excluding hydrogens is 477 g/mol. The van der Waals surface area contributed by atoms with Gasteiger partial charge in [0, 0.05) is 6.54 Å². The van der Waals surface area contributed by atoms with Gasteiger partial charge >= 0.3 is 17.9 Å². The average Bonchev–Trinajstić information content (AvgIpc) is 2.73. The Balaban J connectivity index is 2.01. The number of nitrogens with zero attached hydrogens (tertiary/aromatic N) is 1. The van der Waals surface area contributed by atoms with Crippen molar-refractivity contribution in [2.45, 2.75) is 19.0 Å². The molecule has 0 aliphatic carbocycles. The smallest absolute Gasteiger partial charge is 0.343 e. The molecule has 1 atom stereocenters. The fourth-order valence-corrected chi connectivity index (χ4v) is 3.48. The standard InChI is InChI=1S/C19H20FN5O8S/c20-13-7-10(9-23-34(31,32)25-14(17(28)29)8-16(26)27)1-6-15(13)33-18(30)11-2-4-12(5-3-11)24-19(21)22/h1-7,14,23,25H,8-9H2,(H,26,27)(H,28,29)(H4,21,22,24)/t14-/m0/s1. The molecule has 0 heterocycles. The van der Waals surface area contributed by atoms with E-state index in [-0.39, 0.29) is 17.1 Å². The molecule has 0 saturated carbocycles. The Kier molecular flexibility index (Phi) is 8.60. The van der Waals surface area contributed by atoms with Gasteiger partial charge in [-0.25, -0.2) is 14.2 Å². The molecule has 0 radical (unpaired) electrons. The van der Waals surface area contributed by atoms with E-state index in [0.717, 1.165) is 12.1 Å². The summed E-state index contributed by atoms with van der Waals surface area (Å²) in [7, 11) is -4.44. The van der Waals surface area contributed by atoms with E-state index in [4.69, 9.17) is 26.4 Å². The Bertz CT molecular complexity index is 1210. The number of esters is 1. The molecule has 0 unspecified atom stereocenters. The summed E-state index contributed by atoms with van der Waals surface area (Å²) >= 11 is 0. The van der Waals surface area contributed by atoms with Gasteiger partial charge in [0.05, 0.1) is 17.7 Å². The van der Waals surface area contributed by atoms with Crippen LogP contribution in [-0.4, -0.2) is 48.5 Å². The van der Waals surface area contributed by atoms with E-state index in [2.05, 4.69) is 4.99 Å². The predicted octanol–water partition coefficient (Wildman–Crippen LogP) is -0.198. The van der Waals surface area contributed by atoms with Crippen molar-refractivity contribution in [1.82, 2.24) is 9.44 Å². The lowest BCUT2D eigenvalue weighted by molar-refractivity contribution is -0.145. The number of nitrogens with two attached hydrogens (primary N) is 2. The van der Waals surface area contributed by atoms with Crippen molar-refractivity contribution >= 4 is 39.8 Å². The molecule has 2 aromatic rings. The van der Waals surface area contributed by atoms with Gasteiger partial charge in [0.1, 0.15) is 6.04 Å². The number of carboxylic acid groups (broad SMARTS) is 2. The van der Waals surface area contributed by atoms with Gasteiger partial charge in [-0.2, -0.15) is 17.9 Å². The summed E-state index contributed by atoms with van der Waals surface area (Å²) in [4.78, 5) is 37.7. The number of aliphatic carboxylic acids is 2. The summed E-state index contributed by atoms with van der Waals surface area (Å²) in [5.74, 6) is -5.63. The third-order valence-electron chi connectivity index (χ3n) is 4.00. The summed E-state index contributed by atoms with van der Waals surface area (Å²) < 4.78 is 46.9. The number of carboxylic acids is 2. The van der Waals surface area contributed by atoms with Crippen molar-refractivity contribution in [3.8, 4) is 5.75 Å². The molecule has 0 amide bonds. The molecule has 0 aromatic heterocycles. The van der Waals surface area contributed by atoms with Crippen molar-refractivity contribution in [3.05, 3.63) is 59.4 Å². The van der Waals surface area contributed by atoms with Crippen LogP contribution in [-0.2, 0) is 26.3 Å². The van der Waals surface area contributed by atoms with Crippen LogP contribution in [0.25, 0.3) is 0 Å². The van der Waals surface area contributed by atoms with Gasteiger partial charge in [-0.1, -0.05) is 6.07 Å². The number of halogens is 1. The summed E-state index contributed by atoms with van der Waals surface area (Å²) in [5, 5.41) is 17.6. The Labute approximate surface area is 192 Å². The van der Waals surface area contributed by atoms with Crippen molar-refractivity contribution in [2.75, 3.05) is 0 Å². The van der Waals surface area contributed by atoms with E-state index in [1.807, 2.05) is 4.72 Å². The van der Waals surface area contributed by atoms with Crippen LogP contribution in [0.1, 0.15) is 22.3 Å². The van der Waals surface area contributed by atoms with E-state index in [0.29, 0.717) is 5.69 Å². The molecule has 0 aliphatic heterocycles. The highest BCUT2D eigenvalue weighted by atomic mass is 32.2. The molecule has 0 aliphatic rings. The highest BCUT2D eigenvalue weighted by Gasteiger charge is 2.26. The Morgan fingerprint density at radius 1 is 1.09 bits per heavy atom. The molecule has 8 N–H and O–H groups in total. The minimum Gasteiger partial charge on any atom is -0.481 e. The van der Waals surface area contributed by atoms with E-state index in [9.17, 15) is 27.2 Å². The van der Waals surface area contributed by atoms with Crippen LogP contribution >= 0.6 is 0 Å². The van der Waals surface area contributed by atoms with Gasteiger partial charge in [-0.3, -0.25) is 9.59 Å². The molecule has 0 bridgehead atoms. The quantitative estimate of drug-likeness (QED) is 0.104. The molecule has 15 heteroatoms. The van der Waals surface area contributed by atoms with Crippen LogP contribution in [0.2, 0.25) is 0 Å². The number of carbonyl (C=O) groups excluding carboxylic acids is 1. The SMILES string of the molecule is NC(N)=Nc1ccc(C(=O)Oc2ccc(CNS(=O)(=O)N[C@@H](CC(=O)O)C(=O)O)cc2F)cc1. The second-order valence-electron chi connectivity index (χ2n) is 6.67. The number of hydrogen-bond acceptors (Lipinski definition) is 7. The van der Waals surface area contributed by atoms with Crippen LogP contribution < -0.4 is 25.6 Å². The van der Waals surface area contributed by atoms with Crippen molar-refractivity contribution in [2.24, 2.45) is 16.5 Å². The number of guanidine groups is 1. The van der Waals surface area contributed by atoms with E-state index >= 15 is 0 Å². The maximum Gasteiger partial charge on any atom is 0.343 e. The Hall–Kier alpha value is -4.08. The third-order valence-corrected chi connectivity index (χ3v) is 5.12. The Morgan fingerprint density at radius 2 is 1.74 bits per heavy atom. The normalized spacial score (nSPS) is 11.9. The van der Waals surface area contributed by atoms with Gasteiger partial charge < -0.3 is 26.4 Å². The number of hydrogen-bond donors (Lipinski definition) is 6. The van der Waals surface area contributed by atoms with Gasteiger partial charge in [-0.15, -0.1) is 0 Å². The minimum absolute atomic E-state index is 0.0891. The second-order valence-corrected chi connectivity index (χ2v) is 8.20. The summed E-state index contributed by atoms with van der Waals surface area (Å²) in [6.45, 7) is -0.466.